The second-order valence-electron chi connectivity index (χ2n) is 4.18. The summed E-state index contributed by atoms with van der Waals surface area (Å²) in [5.74, 6) is 0.206. The summed E-state index contributed by atoms with van der Waals surface area (Å²) in [5, 5.41) is 11.6. The van der Waals surface area contributed by atoms with Crippen molar-refractivity contribution in [2.24, 2.45) is 5.73 Å². The predicted octanol–water partition coefficient (Wildman–Crippen LogP) is 3.29. The van der Waals surface area contributed by atoms with Crippen LogP contribution in [0.2, 0.25) is 5.02 Å². The number of rotatable bonds is 5. The minimum absolute atomic E-state index is 0.0794. The molecule has 2 aromatic rings. The summed E-state index contributed by atoms with van der Waals surface area (Å²) in [4.78, 5) is 10.5. The lowest BCUT2D eigenvalue weighted by Crippen LogP contribution is -2.02. The molecule has 6 heteroatoms. The normalized spacial score (nSPS) is 10.3. The zero-order valence-electron chi connectivity index (χ0n) is 10.6. The molecule has 104 valence electrons. The van der Waals surface area contributed by atoms with Gasteiger partial charge in [-0.15, -0.1) is 0 Å². The Morgan fingerprint density at radius 1 is 1.20 bits per heavy atom. The van der Waals surface area contributed by atoms with Gasteiger partial charge in [-0.3, -0.25) is 10.1 Å². The summed E-state index contributed by atoms with van der Waals surface area (Å²) in [7, 11) is 0. The van der Waals surface area contributed by atoms with E-state index in [2.05, 4.69) is 0 Å². The first-order valence-corrected chi connectivity index (χ1v) is 6.32. The summed E-state index contributed by atoms with van der Waals surface area (Å²) in [6.07, 6.45) is 0. The highest BCUT2D eigenvalue weighted by Gasteiger charge is 2.15. The van der Waals surface area contributed by atoms with Crippen LogP contribution >= 0.6 is 11.6 Å². The van der Waals surface area contributed by atoms with Gasteiger partial charge in [0.05, 0.1) is 4.92 Å². The average Bonchev–Trinajstić information content (AvgIpc) is 2.44. The molecule has 0 aromatic heterocycles. The van der Waals surface area contributed by atoms with Crippen molar-refractivity contribution in [3.05, 3.63) is 68.7 Å². The van der Waals surface area contributed by atoms with E-state index in [1.165, 1.54) is 6.07 Å². The van der Waals surface area contributed by atoms with Crippen molar-refractivity contribution in [3.8, 4) is 5.75 Å². The fraction of sp³-hybridized carbons (Fsp3) is 0.143. The minimum atomic E-state index is -0.479. The predicted molar refractivity (Wildman–Crippen MR) is 76.8 cm³/mol. The highest BCUT2D eigenvalue weighted by Crippen LogP contribution is 2.28. The summed E-state index contributed by atoms with van der Waals surface area (Å²) in [6, 6.07) is 11.7. The molecule has 2 aromatic carbocycles. The van der Waals surface area contributed by atoms with Gasteiger partial charge in [-0.25, -0.2) is 0 Å². The largest absolute Gasteiger partial charge is 0.482 e. The van der Waals surface area contributed by atoms with Crippen LogP contribution in [0.25, 0.3) is 0 Å². The van der Waals surface area contributed by atoms with Gasteiger partial charge < -0.3 is 10.5 Å². The molecule has 0 aliphatic carbocycles. The molecule has 0 unspecified atom stereocenters. The molecule has 0 radical (unpaired) electrons. The Kier molecular flexibility index (Phi) is 4.55. The molecular formula is C14H13ClN2O3. The van der Waals surface area contributed by atoms with Crippen LogP contribution in [0.5, 0.6) is 5.75 Å². The van der Waals surface area contributed by atoms with E-state index < -0.39 is 4.92 Å². The number of nitrogens with zero attached hydrogens (tertiary/aromatic N) is 1. The Morgan fingerprint density at radius 2 is 2.00 bits per heavy atom. The van der Waals surface area contributed by atoms with Gasteiger partial charge in [-0.2, -0.15) is 0 Å². The number of hydrogen-bond acceptors (Lipinski definition) is 4. The van der Waals surface area contributed by atoms with Gasteiger partial charge in [-0.05, 0) is 29.3 Å². The zero-order chi connectivity index (χ0) is 14.5. The first-order chi connectivity index (χ1) is 9.60. The lowest BCUT2D eigenvalue weighted by atomic mass is 10.2. The number of benzene rings is 2. The van der Waals surface area contributed by atoms with E-state index in [9.17, 15) is 10.1 Å². The maximum Gasteiger partial charge on any atom is 0.310 e. The third-order valence-corrected chi connectivity index (χ3v) is 2.98. The molecule has 0 heterocycles. The van der Waals surface area contributed by atoms with Crippen LogP contribution in [-0.2, 0) is 13.2 Å². The summed E-state index contributed by atoms with van der Waals surface area (Å²) in [5.41, 5.74) is 7.06. The molecule has 2 rings (SSSR count). The fourth-order valence-corrected chi connectivity index (χ4v) is 1.95. The summed E-state index contributed by atoms with van der Waals surface area (Å²) in [6.45, 7) is 0.501. The van der Waals surface area contributed by atoms with E-state index in [1.54, 1.807) is 30.3 Å². The monoisotopic (exact) mass is 292 g/mol. The van der Waals surface area contributed by atoms with E-state index in [-0.39, 0.29) is 18.0 Å². The molecule has 0 amide bonds. The minimum Gasteiger partial charge on any atom is -0.482 e. The second-order valence-corrected chi connectivity index (χ2v) is 4.62. The number of nitrogens with two attached hydrogens (primary N) is 1. The number of nitro groups is 1. The van der Waals surface area contributed by atoms with Crippen molar-refractivity contribution < 1.29 is 9.66 Å². The molecule has 5 nitrogen and oxygen atoms in total. The summed E-state index contributed by atoms with van der Waals surface area (Å²) >= 11 is 5.88. The standard InChI is InChI=1S/C14H13ClN2O3/c15-12-3-1-2-11(6-12)9-20-14-7-10(8-16)4-5-13(14)17(18)19/h1-7H,8-9,16H2. The van der Waals surface area contributed by atoms with Crippen molar-refractivity contribution in [2.45, 2.75) is 13.2 Å². The topological polar surface area (TPSA) is 78.4 Å². The number of nitro benzene ring substituents is 1. The molecule has 0 spiro atoms. The highest BCUT2D eigenvalue weighted by molar-refractivity contribution is 6.30. The van der Waals surface area contributed by atoms with Crippen LogP contribution in [0.1, 0.15) is 11.1 Å². The van der Waals surface area contributed by atoms with Crippen LogP contribution in [0.15, 0.2) is 42.5 Å². The summed E-state index contributed by atoms with van der Waals surface area (Å²) < 4.78 is 5.53. The number of hydrogen-bond donors (Lipinski definition) is 1. The Morgan fingerprint density at radius 3 is 2.65 bits per heavy atom. The van der Waals surface area contributed by atoms with Crippen molar-refractivity contribution in [1.29, 1.82) is 0 Å². The van der Waals surface area contributed by atoms with Crippen LogP contribution in [0.4, 0.5) is 5.69 Å². The number of ether oxygens (including phenoxy) is 1. The molecule has 0 fully saturated rings. The van der Waals surface area contributed by atoms with Crippen molar-refractivity contribution >= 4 is 17.3 Å². The average molecular weight is 293 g/mol. The van der Waals surface area contributed by atoms with Crippen LogP contribution < -0.4 is 10.5 Å². The van der Waals surface area contributed by atoms with Gasteiger partial charge in [0, 0.05) is 17.6 Å². The van der Waals surface area contributed by atoms with E-state index >= 15 is 0 Å². The molecule has 0 aliphatic heterocycles. The van der Waals surface area contributed by atoms with Gasteiger partial charge in [0.25, 0.3) is 0 Å². The molecule has 20 heavy (non-hydrogen) atoms. The Bertz CT molecular complexity index is 632. The molecule has 0 saturated heterocycles. The van der Waals surface area contributed by atoms with Gasteiger partial charge in [0.15, 0.2) is 5.75 Å². The highest BCUT2D eigenvalue weighted by atomic mass is 35.5. The van der Waals surface area contributed by atoms with Gasteiger partial charge in [0.1, 0.15) is 6.61 Å². The molecule has 2 N–H and O–H groups in total. The lowest BCUT2D eigenvalue weighted by Gasteiger charge is -2.08. The van der Waals surface area contributed by atoms with Crippen molar-refractivity contribution in [3.63, 3.8) is 0 Å². The zero-order valence-corrected chi connectivity index (χ0v) is 11.3. The number of halogens is 1. The molecule has 0 atom stereocenters. The third kappa shape index (κ3) is 3.46. The lowest BCUT2D eigenvalue weighted by molar-refractivity contribution is -0.386. The fourth-order valence-electron chi connectivity index (χ4n) is 1.74. The molecule has 0 bridgehead atoms. The SMILES string of the molecule is NCc1ccc([N+](=O)[O-])c(OCc2cccc(Cl)c2)c1. The van der Waals surface area contributed by atoms with Crippen LogP contribution in [0.3, 0.4) is 0 Å². The maximum atomic E-state index is 11.0. The van der Waals surface area contributed by atoms with Crippen molar-refractivity contribution in [1.82, 2.24) is 0 Å². The first-order valence-electron chi connectivity index (χ1n) is 5.95. The van der Waals surface area contributed by atoms with E-state index in [0.717, 1.165) is 11.1 Å². The Labute approximate surface area is 121 Å². The third-order valence-electron chi connectivity index (χ3n) is 2.74. The van der Waals surface area contributed by atoms with E-state index in [1.807, 2.05) is 6.07 Å². The first kappa shape index (κ1) is 14.3. The van der Waals surface area contributed by atoms with Crippen molar-refractivity contribution in [2.75, 3.05) is 0 Å². The van der Waals surface area contributed by atoms with Gasteiger partial charge in [0.2, 0.25) is 0 Å². The molecular weight excluding hydrogens is 280 g/mol. The van der Waals surface area contributed by atoms with Crippen LogP contribution in [-0.4, -0.2) is 4.92 Å². The second kappa shape index (κ2) is 6.36. The van der Waals surface area contributed by atoms with Crippen LogP contribution in [0, 0.1) is 10.1 Å². The molecule has 0 saturated carbocycles. The molecule has 0 aliphatic rings. The maximum absolute atomic E-state index is 11.0. The smallest absolute Gasteiger partial charge is 0.310 e. The quantitative estimate of drug-likeness (QED) is 0.677. The van der Waals surface area contributed by atoms with E-state index in [4.69, 9.17) is 22.1 Å². The van der Waals surface area contributed by atoms with E-state index in [0.29, 0.717) is 11.6 Å². The Balaban J connectivity index is 2.21. The Hall–Kier alpha value is -2.11. The van der Waals surface area contributed by atoms with Gasteiger partial charge >= 0.3 is 5.69 Å². The van der Waals surface area contributed by atoms with Gasteiger partial charge in [-0.1, -0.05) is 29.8 Å².